The van der Waals surface area contributed by atoms with Gasteiger partial charge < -0.3 is 43.9 Å². The van der Waals surface area contributed by atoms with E-state index in [4.69, 9.17) is 14.2 Å². The summed E-state index contributed by atoms with van der Waals surface area (Å²) in [6, 6.07) is 14.0. The van der Waals surface area contributed by atoms with Gasteiger partial charge in [-0.3, -0.25) is 38.9 Å². The van der Waals surface area contributed by atoms with Crippen LogP contribution in [0.5, 0.6) is 28.9 Å². The first kappa shape index (κ1) is 50.3. The number of fused-ring (bicyclic) bond motifs is 3. The summed E-state index contributed by atoms with van der Waals surface area (Å²) in [5.74, 6) is -4.38. The highest BCUT2D eigenvalue weighted by Crippen LogP contribution is 2.38. The number of hydrogen-bond donors (Lipinski definition) is 3. The quantitative estimate of drug-likeness (QED) is 0.0589. The first-order chi connectivity index (χ1) is 35.3. The van der Waals surface area contributed by atoms with Crippen molar-refractivity contribution in [2.45, 2.75) is 64.4 Å². The standard InChI is InChI=1S/C51H46F4N8O11/c1-26-44(45(66)34-20-31(74-51(53,54)55)10-12-37(34)61(26)2)48(69)59-30-9-14-39(35(52)19-30)73-49-33-21-40(71-3)41(22-36(33)56-25-57-49)72-17-5-7-43(65)62-16-4-6-27(23-62)46(67)58-29-8-11-32-28(18-29)24-63(50(32)70)38-13-15-42(64)60-47(38)68/h8-12,14,18-22,25,27,38H,4-7,13,15-17,23-24H2,1-3H3,(H,58,67)(H,59,69)(H,60,64,68)/t27-,38?/m0/s1. The lowest BCUT2D eigenvalue weighted by molar-refractivity contribution is -0.274. The van der Waals surface area contributed by atoms with Gasteiger partial charge in [-0.15, -0.1) is 13.2 Å². The number of benzene rings is 4. The molecule has 0 saturated carbocycles. The highest BCUT2D eigenvalue weighted by molar-refractivity contribution is 6.07. The number of piperidine rings is 2. The molecule has 19 nitrogen and oxygen atoms in total. The second-order valence-corrected chi connectivity index (χ2v) is 17.9. The predicted octanol–water partition coefficient (Wildman–Crippen LogP) is 6.68. The zero-order chi connectivity index (χ0) is 52.6. The molecule has 3 aliphatic rings. The number of carbonyl (C=O) groups is 6. The monoisotopic (exact) mass is 1020 g/mol. The molecule has 0 aliphatic carbocycles. The van der Waals surface area contributed by atoms with Gasteiger partial charge in [0.15, 0.2) is 23.1 Å². The number of imide groups is 1. The Bertz CT molecular complexity index is 3370. The van der Waals surface area contributed by atoms with Gasteiger partial charge in [-0.25, -0.2) is 14.4 Å². The van der Waals surface area contributed by atoms with Crippen molar-refractivity contribution in [3.63, 3.8) is 0 Å². The lowest BCUT2D eigenvalue weighted by Gasteiger charge is -2.32. The molecule has 0 radical (unpaired) electrons. The Labute approximate surface area is 417 Å². The van der Waals surface area contributed by atoms with Gasteiger partial charge in [0.2, 0.25) is 34.9 Å². The number of anilines is 2. The maximum Gasteiger partial charge on any atom is 0.573 e. The normalized spacial score (nSPS) is 16.7. The van der Waals surface area contributed by atoms with Crippen molar-refractivity contribution in [1.82, 2.24) is 29.7 Å². The lowest BCUT2D eigenvalue weighted by atomic mass is 9.96. The number of rotatable bonds is 14. The molecule has 2 saturated heterocycles. The Morgan fingerprint density at radius 1 is 0.892 bits per heavy atom. The number of alkyl halides is 3. The van der Waals surface area contributed by atoms with Crippen LogP contribution in [-0.4, -0.2) is 99.0 Å². The fourth-order valence-electron chi connectivity index (χ4n) is 9.33. The first-order valence-corrected chi connectivity index (χ1v) is 23.4. The van der Waals surface area contributed by atoms with Gasteiger partial charge in [0.1, 0.15) is 23.7 Å². The third kappa shape index (κ3) is 10.5. The summed E-state index contributed by atoms with van der Waals surface area (Å²) in [5, 5.41) is 7.79. The minimum absolute atomic E-state index is 0.0547. The van der Waals surface area contributed by atoms with Crippen LogP contribution < -0.4 is 40.3 Å². The average molecular weight is 1020 g/mol. The van der Waals surface area contributed by atoms with Gasteiger partial charge in [-0.2, -0.15) is 0 Å². The number of nitrogens with zero attached hydrogens (tertiary/aromatic N) is 5. The van der Waals surface area contributed by atoms with E-state index in [1.807, 2.05) is 0 Å². The molecule has 2 fully saturated rings. The third-order valence-corrected chi connectivity index (χ3v) is 13.1. The number of aromatic nitrogens is 3. The van der Waals surface area contributed by atoms with E-state index in [9.17, 15) is 46.7 Å². The summed E-state index contributed by atoms with van der Waals surface area (Å²) >= 11 is 0. The lowest BCUT2D eigenvalue weighted by Crippen LogP contribution is -2.52. The summed E-state index contributed by atoms with van der Waals surface area (Å²) in [4.78, 5) is 102. The molecule has 23 heteroatoms. The van der Waals surface area contributed by atoms with Gasteiger partial charge in [0.05, 0.1) is 41.4 Å². The summed E-state index contributed by atoms with van der Waals surface area (Å²) < 4.78 is 77.2. The zero-order valence-electron chi connectivity index (χ0n) is 39.9. The molecule has 74 heavy (non-hydrogen) atoms. The topological polar surface area (TPSA) is 230 Å². The summed E-state index contributed by atoms with van der Waals surface area (Å²) in [7, 11) is 2.94. The number of aryl methyl sites for hydroxylation is 1. The van der Waals surface area contributed by atoms with Crippen LogP contribution in [0.1, 0.15) is 70.5 Å². The van der Waals surface area contributed by atoms with Crippen LogP contribution in [0.15, 0.2) is 77.9 Å². The maximum absolute atomic E-state index is 15.6. The van der Waals surface area contributed by atoms with E-state index in [1.165, 1.54) is 55.1 Å². The van der Waals surface area contributed by atoms with Crippen molar-refractivity contribution >= 4 is 68.6 Å². The molecule has 2 atom stereocenters. The Morgan fingerprint density at radius 3 is 2.43 bits per heavy atom. The van der Waals surface area contributed by atoms with Crippen LogP contribution in [0.4, 0.5) is 28.9 Å². The van der Waals surface area contributed by atoms with Crippen molar-refractivity contribution in [3.05, 3.63) is 111 Å². The molecule has 4 aromatic carbocycles. The number of ether oxygens (including phenoxy) is 4. The molecule has 9 rings (SSSR count). The molecule has 6 amide bonds. The van der Waals surface area contributed by atoms with E-state index in [0.29, 0.717) is 59.3 Å². The highest BCUT2D eigenvalue weighted by atomic mass is 19.4. The van der Waals surface area contributed by atoms with E-state index < -0.39 is 47.1 Å². The summed E-state index contributed by atoms with van der Waals surface area (Å²) in [5.41, 5.74) is 1.06. The Kier molecular flexibility index (Phi) is 13.9. The van der Waals surface area contributed by atoms with Crippen molar-refractivity contribution < 1.29 is 65.3 Å². The number of nitrogens with one attached hydrogen (secondary N) is 3. The van der Waals surface area contributed by atoms with Crippen LogP contribution in [0, 0.1) is 18.7 Å². The zero-order valence-corrected chi connectivity index (χ0v) is 39.9. The molecule has 384 valence electrons. The van der Waals surface area contributed by atoms with Gasteiger partial charge in [0.25, 0.3) is 11.8 Å². The predicted molar refractivity (Wildman–Crippen MR) is 256 cm³/mol. The van der Waals surface area contributed by atoms with Crippen LogP contribution >= 0.6 is 0 Å². The molecule has 5 heterocycles. The van der Waals surface area contributed by atoms with Crippen LogP contribution in [-0.2, 0) is 32.8 Å². The number of halogens is 4. The van der Waals surface area contributed by atoms with E-state index in [-0.39, 0.29) is 108 Å². The van der Waals surface area contributed by atoms with Crippen molar-refractivity contribution in [2.24, 2.45) is 13.0 Å². The highest BCUT2D eigenvalue weighted by Gasteiger charge is 2.39. The summed E-state index contributed by atoms with van der Waals surface area (Å²) in [6.07, 6.45) is -1.79. The minimum Gasteiger partial charge on any atom is -0.493 e. The number of likely N-dealkylation sites (tertiary alicyclic amines) is 1. The van der Waals surface area contributed by atoms with Gasteiger partial charge in [0, 0.05) is 74.3 Å². The minimum atomic E-state index is -5.01. The van der Waals surface area contributed by atoms with Crippen molar-refractivity contribution in [3.8, 4) is 28.9 Å². The number of methoxy groups -OCH3 is 1. The van der Waals surface area contributed by atoms with Crippen molar-refractivity contribution in [1.29, 1.82) is 0 Å². The average Bonchev–Trinajstić information content (AvgIpc) is 3.69. The first-order valence-electron chi connectivity index (χ1n) is 23.4. The molecule has 3 N–H and O–H groups in total. The maximum atomic E-state index is 15.6. The molecule has 1 unspecified atom stereocenters. The number of hydrogen-bond acceptors (Lipinski definition) is 13. The fraction of sp³-hybridized carbons (Fsp3) is 0.314. The van der Waals surface area contributed by atoms with Crippen LogP contribution in [0.2, 0.25) is 0 Å². The molecule has 0 bridgehead atoms. The van der Waals surface area contributed by atoms with E-state index in [0.717, 1.165) is 18.2 Å². The van der Waals surface area contributed by atoms with Gasteiger partial charge in [-0.1, -0.05) is 0 Å². The number of carbonyl (C=O) groups excluding carboxylic acids is 6. The van der Waals surface area contributed by atoms with Gasteiger partial charge >= 0.3 is 6.36 Å². The largest absolute Gasteiger partial charge is 0.573 e. The molecule has 0 spiro atoms. The summed E-state index contributed by atoms with van der Waals surface area (Å²) in [6.45, 7) is 2.47. The van der Waals surface area contributed by atoms with Gasteiger partial charge in [-0.05, 0) is 92.8 Å². The van der Waals surface area contributed by atoms with Crippen LogP contribution in [0.25, 0.3) is 21.8 Å². The Balaban J connectivity index is 0.782. The molecule has 2 aromatic heterocycles. The van der Waals surface area contributed by atoms with E-state index in [1.54, 1.807) is 35.2 Å². The van der Waals surface area contributed by atoms with E-state index in [2.05, 4.69) is 30.7 Å². The van der Waals surface area contributed by atoms with Crippen LogP contribution in [0.3, 0.4) is 0 Å². The SMILES string of the molecule is COc1cc2c(Oc3ccc(NC(=O)c4c(C)n(C)c5ccc(OC(F)(F)F)cc5c4=O)cc3F)ncnc2cc1OCCCC(=O)N1CCC[C@H](C(=O)Nc2ccc3c(c2)CN(C2CCC(=O)NC2=O)C3=O)C1. The number of amides is 6. The molecule has 3 aliphatic heterocycles. The molecular weight excluding hydrogens is 977 g/mol. The number of pyridine rings is 1. The second-order valence-electron chi connectivity index (χ2n) is 17.9. The second kappa shape index (κ2) is 20.5. The molecular formula is C51H46F4N8O11. The molecule has 6 aromatic rings. The third-order valence-electron chi connectivity index (χ3n) is 13.1. The fourth-order valence-corrected chi connectivity index (χ4v) is 9.33. The Morgan fingerprint density at radius 2 is 1.68 bits per heavy atom. The Hall–Kier alpha value is -8.63. The smallest absolute Gasteiger partial charge is 0.493 e. The van der Waals surface area contributed by atoms with E-state index >= 15 is 4.39 Å². The van der Waals surface area contributed by atoms with Crippen molar-refractivity contribution in [2.75, 3.05) is 37.4 Å².